The third kappa shape index (κ3) is 4.05. The zero-order valence-electron chi connectivity index (χ0n) is 17.5. The lowest BCUT2D eigenvalue weighted by Crippen LogP contribution is -2.38. The molecule has 2 aromatic carbocycles. The maximum absolute atomic E-state index is 12.7. The van der Waals surface area contributed by atoms with Crippen LogP contribution in [0.5, 0.6) is 5.75 Å². The molecule has 0 unspecified atom stereocenters. The van der Waals surface area contributed by atoms with Crippen LogP contribution in [-0.4, -0.2) is 37.7 Å². The van der Waals surface area contributed by atoms with Gasteiger partial charge in [-0.1, -0.05) is 42.5 Å². The lowest BCUT2D eigenvalue weighted by atomic mass is 10.0. The van der Waals surface area contributed by atoms with Crippen LogP contribution in [0.3, 0.4) is 0 Å². The summed E-state index contributed by atoms with van der Waals surface area (Å²) in [5.41, 5.74) is 3.47. The van der Waals surface area contributed by atoms with E-state index in [0.29, 0.717) is 0 Å². The molecule has 5 nitrogen and oxygen atoms in total. The van der Waals surface area contributed by atoms with Gasteiger partial charge in [0.2, 0.25) is 0 Å². The summed E-state index contributed by atoms with van der Waals surface area (Å²) in [6, 6.07) is 15.5. The first-order chi connectivity index (χ1) is 14.2. The van der Waals surface area contributed by atoms with Crippen LogP contribution in [0.4, 0.5) is 0 Å². The number of phenols is 1. The number of ether oxygens (including phenoxy) is 1. The van der Waals surface area contributed by atoms with Gasteiger partial charge < -0.3 is 19.3 Å². The minimum absolute atomic E-state index is 0.0766. The molecular weight excluding hydrogens is 396 g/mol. The fourth-order valence-electron chi connectivity index (χ4n) is 4.03. The summed E-state index contributed by atoms with van der Waals surface area (Å²) in [7, 11) is 0. The Bertz CT molecular complexity index is 1110. The summed E-state index contributed by atoms with van der Waals surface area (Å²) in [5, 5.41) is 11.0. The van der Waals surface area contributed by atoms with Gasteiger partial charge >= 0.3 is 5.97 Å². The molecule has 1 aromatic heterocycles. The van der Waals surface area contributed by atoms with Gasteiger partial charge in [0.25, 0.3) is 0 Å². The zero-order valence-corrected chi connectivity index (χ0v) is 18.3. The van der Waals surface area contributed by atoms with Crippen LogP contribution in [0.25, 0.3) is 10.9 Å². The van der Waals surface area contributed by atoms with E-state index in [1.54, 1.807) is 12.1 Å². The van der Waals surface area contributed by atoms with Crippen LogP contribution in [0.2, 0.25) is 0 Å². The molecule has 0 saturated carbocycles. The fraction of sp³-hybridized carbons (Fsp3) is 0.333. The van der Waals surface area contributed by atoms with E-state index in [9.17, 15) is 9.90 Å². The number of carbonyl (C=O) groups is 1. The van der Waals surface area contributed by atoms with Crippen LogP contribution < -0.4 is 0 Å². The summed E-state index contributed by atoms with van der Waals surface area (Å²) in [6.45, 7) is 7.17. The first kappa shape index (κ1) is 20.4. The number of nitrogens with zero attached hydrogens (tertiary/aromatic N) is 2. The Kier molecular flexibility index (Phi) is 5.28. The van der Waals surface area contributed by atoms with Crippen LogP contribution in [0.15, 0.2) is 48.5 Å². The van der Waals surface area contributed by atoms with E-state index in [1.807, 2.05) is 49.6 Å². The number of aromatic nitrogens is 1. The number of hydrogen-bond donors (Lipinski definition) is 1. The molecule has 0 saturated heterocycles. The molecule has 0 radical (unpaired) electrons. The van der Waals surface area contributed by atoms with Crippen molar-refractivity contribution in [1.29, 1.82) is 0 Å². The van der Waals surface area contributed by atoms with Gasteiger partial charge in [-0.05, 0) is 56.5 Å². The van der Waals surface area contributed by atoms with E-state index in [1.165, 1.54) is 5.56 Å². The van der Waals surface area contributed by atoms with Crippen molar-refractivity contribution in [3.05, 3.63) is 65.4 Å². The van der Waals surface area contributed by atoms with Gasteiger partial charge in [0.15, 0.2) is 0 Å². The predicted molar refractivity (Wildman–Crippen MR) is 122 cm³/mol. The molecule has 0 bridgehead atoms. The van der Waals surface area contributed by atoms with Crippen molar-refractivity contribution < 1.29 is 14.6 Å². The van der Waals surface area contributed by atoms with Gasteiger partial charge in [-0.15, -0.1) is 0 Å². The number of hydrogen-bond acceptors (Lipinski definition) is 4. The highest BCUT2D eigenvalue weighted by Gasteiger charge is 2.30. The number of carbonyl (C=O) groups excluding carboxylic acids is 1. The Labute approximate surface area is 181 Å². The normalized spacial score (nSPS) is 14.1. The second-order valence-electron chi connectivity index (χ2n) is 8.66. The van der Waals surface area contributed by atoms with E-state index in [2.05, 4.69) is 17.0 Å². The quantitative estimate of drug-likeness (QED) is 0.498. The van der Waals surface area contributed by atoms with Gasteiger partial charge in [-0.25, -0.2) is 0 Å². The smallest absolute Gasteiger partial charge is 0.326 e. The standard InChI is InChI=1S/C24H26N2O3S/c1-24(2,3)29-21(28)15-26-20-10-9-17(27)13-19(20)18-11-12-25(23(30)22(18)26)14-16-7-5-4-6-8-16/h4-10,13,27H,11-12,14-15H2,1-3H3. The molecule has 30 heavy (non-hydrogen) atoms. The summed E-state index contributed by atoms with van der Waals surface area (Å²) in [4.78, 5) is 15.6. The average molecular weight is 423 g/mol. The molecular formula is C24H26N2O3S. The van der Waals surface area contributed by atoms with Crippen LogP contribution in [-0.2, 0) is 29.0 Å². The lowest BCUT2D eigenvalue weighted by Gasteiger charge is -2.31. The number of fused-ring (bicyclic) bond motifs is 3. The van der Waals surface area contributed by atoms with Gasteiger partial charge in [0, 0.05) is 24.0 Å². The highest BCUT2D eigenvalue weighted by atomic mass is 32.1. The van der Waals surface area contributed by atoms with Crippen LogP contribution in [0, 0.1) is 0 Å². The van der Waals surface area contributed by atoms with Crippen LogP contribution in [0.1, 0.15) is 37.6 Å². The second-order valence-corrected chi connectivity index (χ2v) is 9.05. The van der Waals surface area contributed by atoms with Crippen molar-refractivity contribution in [3.63, 3.8) is 0 Å². The highest BCUT2D eigenvalue weighted by Crippen LogP contribution is 2.34. The van der Waals surface area contributed by atoms with E-state index < -0.39 is 5.60 Å². The van der Waals surface area contributed by atoms with Gasteiger partial charge in [0.1, 0.15) is 22.9 Å². The van der Waals surface area contributed by atoms with Crippen molar-refractivity contribution in [1.82, 2.24) is 9.47 Å². The van der Waals surface area contributed by atoms with E-state index >= 15 is 0 Å². The first-order valence-corrected chi connectivity index (χ1v) is 10.5. The number of rotatable bonds is 4. The van der Waals surface area contributed by atoms with E-state index in [4.69, 9.17) is 17.0 Å². The molecule has 0 fully saturated rings. The van der Waals surface area contributed by atoms with Crippen LogP contribution >= 0.6 is 12.2 Å². The van der Waals surface area contributed by atoms with Crippen molar-refractivity contribution in [3.8, 4) is 5.75 Å². The Morgan fingerprint density at radius 1 is 1.17 bits per heavy atom. The van der Waals surface area contributed by atoms with Crippen molar-refractivity contribution in [2.75, 3.05) is 6.54 Å². The summed E-state index contributed by atoms with van der Waals surface area (Å²) in [5.74, 6) is -0.101. The molecule has 2 heterocycles. The SMILES string of the molecule is CC(C)(C)OC(=O)Cn1c2c(c3cc(O)ccc31)CCN(Cc1ccccc1)C2=S. The van der Waals surface area contributed by atoms with E-state index in [-0.39, 0.29) is 18.3 Å². The summed E-state index contributed by atoms with van der Waals surface area (Å²) < 4.78 is 7.51. The molecule has 3 aromatic rings. The van der Waals surface area contributed by atoms with Gasteiger partial charge in [-0.2, -0.15) is 0 Å². The molecule has 6 heteroatoms. The molecule has 0 spiro atoms. The number of thiocarbonyl (C=S) groups is 1. The minimum atomic E-state index is -0.557. The molecule has 1 aliphatic rings. The number of phenolic OH excluding ortho intramolecular Hbond substituents is 1. The van der Waals surface area contributed by atoms with Crippen molar-refractivity contribution >= 4 is 34.1 Å². The molecule has 0 atom stereocenters. The third-order valence-electron chi connectivity index (χ3n) is 5.20. The third-order valence-corrected chi connectivity index (χ3v) is 5.65. The number of benzene rings is 2. The largest absolute Gasteiger partial charge is 0.508 e. The molecule has 0 aliphatic carbocycles. The monoisotopic (exact) mass is 422 g/mol. The number of aromatic hydroxyl groups is 1. The Hall–Kier alpha value is -2.86. The summed E-state index contributed by atoms with van der Waals surface area (Å²) in [6.07, 6.45) is 0.795. The van der Waals surface area contributed by atoms with Crippen molar-refractivity contribution in [2.24, 2.45) is 0 Å². The van der Waals surface area contributed by atoms with E-state index in [0.717, 1.165) is 46.7 Å². The molecule has 1 aliphatic heterocycles. The Morgan fingerprint density at radius 3 is 2.60 bits per heavy atom. The topological polar surface area (TPSA) is 54.7 Å². The average Bonchev–Trinajstić information content (AvgIpc) is 2.97. The van der Waals surface area contributed by atoms with Crippen molar-refractivity contribution in [2.45, 2.75) is 45.9 Å². The first-order valence-electron chi connectivity index (χ1n) is 10.1. The van der Waals surface area contributed by atoms with Gasteiger partial charge in [-0.3, -0.25) is 4.79 Å². The molecule has 0 amide bonds. The van der Waals surface area contributed by atoms with Gasteiger partial charge in [0.05, 0.1) is 5.69 Å². The minimum Gasteiger partial charge on any atom is -0.508 e. The predicted octanol–water partition coefficient (Wildman–Crippen LogP) is 4.42. The maximum atomic E-state index is 12.7. The fourth-order valence-corrected chi connectivity index (χ4v) is 4.42. The molecule has 4 rings (SSSR count). The lowest BCUT2D eigenvalue weighted by molar-refractivity contribution is -0.155. The summed E-state index contributed by atoms with van der Waals surface area (Å²) >= 11 is 5.90. The maximum Gasteiger partial charge on any atom is 0.326 e. The highest BCUT2D eigenvalue weighted by molar-refractivity contribution is 7.80. The number of esters is 1. The second kappa shape index (κ2) is 7.76. The molecule has 156 valence electrons. The Morgan fingerprint density at radius 2 is 1.90 bits per heavy atom. The molecule has 1 N–H and O–H groups in total. The Balaban J connectivity index is 1.74. The zero-order chi connectivity index (χ0) is 21.5.